The predicted molar refractivity (Wildman–Crippen MR) is 208 cm³/mol. The van der Waals surface area contributed by atoms with Crippen LogP contribution in [0.25, 0.3) is 73.6 Å². The summed E-state index contributed by atoms with van der Waals surface area (Å²) < 4.78 is 13.1. The Bertz CT molecular complexity index is 2780. The van der Waals surface area contributed by atoms with Crippen LogP contribution in [0, 0.1) is 5.41 Å². The first-order chi connectivity index (χ1) is 24.5. The Morgan fingerprint density at radius 2 is 1.61 bits per heavy atom. The first-order valence-corrected chi connectivity index (χ1v) is 18.8. The van der Waals surface area contributed by atoms with Gasteiger partial charge in [-0.05, 0) is 71.2 Å². The fourth-order valence-electron chi connectivity index (χ4n) is 9.89. The zero-order valence-corrected chi connectivity index (χ0v) is 30.9. The lowest BCUT2D eigenvalue weighted by atomic mass is 9.79. The Morgan fingerprint density at radius 3 is 2.39 bits per heavy atom. The van der Waals surface area contributed by atoms with Crippen LogP contribution >= 0.6 is 0 Å². The van der Waals surface area contributed by atoms with Crippen LogP contribution in [-0.2, 0) is 31.8 Å². The van der Waals surface area contributed by atoms with Gasteiger partial charge in [-0.3, -0.25) is 4.57 Å². The molecule has 0 amide bonds. The van der Waals surface area contributed by atoms with Crippen LogP contribution in [0.4, 0.5) is 0 Å². The first-order valence-electron chi connectivity index (χ1n) is 18.8. The van der Waals surface area contributed by atoms with Gasteiger partial charge < -0.3 is 0 Å². The molecule has 0 unspecified atom stereocenters. The molecule has 2 aliphatic carbocycles. The molecule has 0 N–H and O–H groups in total. The average molecular weight is 668 g/mol. The highest BCUT2D eigenvalue weighted by atomic mass is 15.3. The van der Waals surface area contributed by atoms with Crippen molar-refractivity contribution in [2.24, 2.45) is 12.5 Å². The van der Waals surface area contributed by atoms with Crippen molar-refractivity contribution in [2.75, 3.05) is 0 Å². The van der Waals surface area contributed by atoms with E-state index in [4.69, 9.17) is 0 Å². The van der Waals surface area contributed by atoms with Gasteiger partial charge in [0.05, 0.1) is 35.6 Å². The van der Waals surface area contributed by atoms with E-state index in [1.54, 1.807) is 0 Å². The molecule has 7 heterocycles. The van der Waals surface area contributed by atoms with Crippen molar-refractivity contribution >= 4 is 39.5 Å². The number of pyridine rings is 2. The Balaban J connectivity index is 1.37. The SMILES string of the molecule is Cn1c2c([n+]3c1-c1cc(C(C)(C)C)cc4c1c-3c1[n+]3c4ccc4c5c(n(c43)-c3ccc(-c4ccccc4)n3C1)CCC(C(C)(C)C)=C5)CCC=C2. The van der Waals surface area contributed by atoms with E-state index in [2.05, 4.69) is 156 Å². The molecule has 2 aliphatic heterocycles. The Kier molecular flexibility index (Phi) is 5.55. The Labute approximate surface area is 299 Å². The normalized spacial score (nSPS) is 15.8. The number of imidazole rings is 1. The van der Waals surface area contributed by atoms with Crippen LogP contribution in [0.2, 0.25) is 0 Å². The van der Waals surface area contributed by atoms with Crippen LogP contribution < -0.4 is 8.97 Å². The van der Waals surface area contributed by atoms with E-state index in [0.29, 0.717) is 0 Å². The van der Waals surface area contributed by atoms with Gasteiger partial charge in [0.1, 0.15) is 11.2 Å². The molecule has 0 spiro atoms. The largest absolute Gasteiger partial charge is 0.301 e. The maximum atomic E-state index is 2.69. The topological polar surface area (TPSA) is 22.8 Å². The standard InChI is InChI=1S/C46H45N5/c1-45(2,3)28-17-19-35-31(23-28)30-18-20-36-32-24-29(46(4,5)6)25-33-41(32)42(51-38-16-12-11-15-37(38)47(7)43(33)51)39-26-48-34(27-13-9-8-10-14-27)21-22-40(48)50(35)44(30)49(36)39/h8-11,13-15,18,20-25H,12,16-17,19,26H2,1-7H3/q+2. The molecular weight excluding hydrogens is 623 g/mol. The minimum absolute atomic E-state index is 0.00700. The van der Waals surface area contributed by atoms with Crippen LogP contribution in [0.3, 0.4) is 0 Å². The van der Waals surface area contributed by atoms with Gasteiger partial charge in [0.2, 0.25) is 5.82 Å². The second-order valence-corrected chi connectivity index (χ2v) is 17.4. The summed E-state index contributed by atoms with van der Waals surface area (Å²) in [4.78, 5) is 0. The van der Waals surface area contributed by atoms with Gasteiger partial charge in [0.25, 0.3) is 5.82 Å². The summed E-state index contributed by atoms with van der Waals surface area (Å²) in [7, 11) is 2.28. The molecule has 2 aromatic carbocycles. The monoisotopic (exact) mass is 667 g/mol. The lowest BCUT2D eigenvalue weighted by Gasteiger charge is -2.25. The number of nitrogens with zero attached hydrogens (tertiary/aromatic N) is 5. The van der Waals surface area contributed by atoms with Crippen LogP contribution in [0.15, 0.2) is 78.4 Å². The van der Waals surface area contributed by atoms with Gasteiger partial charge in [-0.2, -0.15) is 13.5 Å². The minimum Gasteiger partial charge on any atom is -0.300 e. The molecule has 5 heteroatoms. The quantitative estimate of drug-likeness (QED) is 0.123. The maximum Gasteiger partial charge on any atom is 0.301 e. The molecule has 0 atom stereocenters. The number of fused-ring (bicyclic) bond motifs is 12. The van der Waals surface area contributed by atoms with Crippen molar-refractivity contribution in [3.63, 3.8) is 0 Å². The summed E-state index contributed by atoms with van der Waals surface area (Å²) in [5.74, 6) is 2.57. The molecule has 0 radical (unpaired) electrons. The van der Waals surface area contributed by atoms with Crippen molar-refractivity contribution < 1.29 is 8.97 Å². The molecule has 0 fully saturated rings. The van der Waals surface area contributed by atoms with E-state index >= 15 is 0 Å². The number of hydrogen-bond donors (Lipinski definition) is 0. The average Bonchev–Trinajstić information content (AvgIpc) is 3.82. The van der Waals surface area contributed by atoms with E-state index in [0.717, 1.165) is 32.2 Å². The van der Waals surface area contributed by atoms with E-state index in [1.165, 1.54) is 101 Å². The molecular formula is C46H45N5+2. The van der Waals surface area contributed by atoms with Gasteiger partial charge >= 0.3 is 5.65 Å². The lowest BCUT2D eigenvalue weighted by molar-refractivity contribution is -0.600. The molecule has 0 saturated heterocycles. The number of rotatable bonds is 1. The predicted octanol–water partition coefficient (Wildman–Crippen LogP) is 9.58. The second kappa shape index (κ2) is 9.58. The first kappa shape index (κ1) is 29.6. The number of aromatic nitrogens is 5. The van der Waals surface area contributed by atoms with Gasteiger partial charge in [-0.25, -0.2) is 4.57 Å². The summed E-state index contributed by atoms with van der Waals surface area (Å²) in [5.41, 5.74) is 17.9. The van der Waals surface area contributed by atoms with Crippen LogP contribution in [0.5, 0.6) is 0 Å². The third-order valence-electron chi connectivity index (χ3n) is 12.5. The summed E-state index contributed by atoms with van der Waals surface area (Å²) >= 11 is 0. The van der Waals surface area contributed by atoms with Gasteiger partial charge in [-0.15, -0.1) is 0 Å². The Morgan fingerprint density at radius 1 is 0.784 bits per heavy atom. The molecule has 0 bridgehead atoms. The summed E-state index contributed by atoms with van der Waals surface area (Å²) in [6.07, 6.45) is 11.5. The van der Waals surface area contributed by atoms with E-state index < -0.39 is 0 Å². The maximum absolute atomic E-state index is 2.69. The minimum atomic E-state index is 0.00700. The molecule has 11 rings (SSSR count). The number of benzene rings is 2. The smallest absolute Gasteiger partial charge is 0.300 e. The van der Waals surface area contributed by atoms with Crippen molar-refractivity contribution in [3.05, 3.63) is 112 Å². The van der Waals surface area contributed by atoms with E-state index in [-0.39, 0.29) is 10.8 Å². The van der Waals surface area contributed by atoms with Crippen molar-refractivity contribution in [1.82, 2.24) is 13.7 Å². The second-order valence-electron chi connectivity index (χ2n) is 17.4. The third-order valence-corrected chi connectivity index (χ3v) is 12.5. The van der Waals surface area contributed by atoms with Gasteiger partial charge in [-0.1, -0.05) is 89.6 Å². The highest BCUT2D eigenvalue weighted by molar-refractivity contribution is 6.09. The van der Waals surface area contributed by atoms with Gasteiger partial charge in [0, 0.05) is 29.9 Å². The van der Waals surface area contributed by atoms with E-state index in [1.807, 2.05) is 0 Å². The van der Waals surface area contributed by atoms with Gasteiger partial charge in [0.15, 0.2) is 22.8 Å². The molecule has 5 aromatic heterocycles. The van der Waals surface area contributed by atoms with Crippen molar-refractivity contribution in [3.8, 4) is 34.2 Å². The zero-order valence-electron chi connectivity index (χ0n) is 30.9. The molecule has 252 valence electrons. The molecule has 7 aromatic rings. The molecule has 4 aliphatic rings. The number of hydrogen-bond acceptors (Lipinski definition) is 0. The fraction of sp³-hybridized carbons (Fsp3) is 0.304. The molecule has 51 heavy (non-hydrogen) atoms. The summed E-state index contributed by atoms with van der Waals surface area (Å²) in [6.45, 7) is 15.0. The van der Waals surface area contributed by atoms with Crippen molar-refractivity contribution in [1.29, 1.82) is 0 Å². The fourth-order valence-corrected chi connectivity index (χ4v) is 9.89. The Hall–Kier alpha value is -5.16. The third kappa shape index (κ3) is 3.71. The molecule has 0 saturated carbocycles. The summed E-state index contributed by atoms with van der Waals surface area (Å²) in [6, 6.07) is 25.6. The molecule has 5 nitrogen and oxygen atoms in total. The van der Waals surface area contributed by atoms with Crippen LogP contribution in [0.1, 0.15) is 88.3 Å². The lowest BCUT2D eigenvalue weighted by Crippen LogP contribution is -2.41. The zero-order chi connectivity index (χ0) is 34.7. The highest BCUT2D eigenvalue weighted by Crippen LogP contribution is 2.47. The summed E-state index contributed by atoms with van der Waals surface area (Å²) in [5, 5.41) is 4.10. The van der Waals surface area contributed by atoms with E-state index in [9.17, 15) is 0 Å². The highest BCUT2D eigenvalue weighted by Gasteiger charge is 2.45. The van der Waals surface area contributed by atoms with Crippen LogP contribution in [-0.4, -0.2) is 13.7 Å². The number of allylic oxidation sites excluding steroid dienone is 2. The van der Waals surface area contributed by atoms with Crippen molar-refractivity contribution in [2.45, 2.75) is 79.2 Å².